The number of thiocarbonyl (C=S) groups is 1. The van der Waals surface area contributed by atoms with E-state index in [-0.39, 0.29) is 16.9 Å². The molecule has 2 atom stereocenters. The first kappa shape index (κ1) is 12.8. The van der Waals surface area contributed by atoms with Gasteiger partial charge in [-0.3, -0.25) is 9.69 Å². The highest BCUT2D eigenvalue weighted by molar-refractivity contribution is 7.80. The number of nitrogens with one attached hydrogen (secondary N) is 1. The fourth-order valence-electron chi connectivity index (χ4n) is 2.71. The van der Waals surface area contributed by atoms with E-state index in [0.29, 0.717) is 6.04 Å². The lowest BCUT2D eigenvalue weighted by atomic mass is 9.91. The van der Waals surface area contributed by atoms with Gasteiger partial charge in [-0.25, -0.2) is 0 Å². The van der Waals surface area contributed by atoms with E-state index in [4.69, 9.17) is 18.0 Å². The summed E-state index contributed by atoms with van der Waals surface area (Å²) in [5.41, 5.74) is 4.86. The number of rotatable bonds is 3. The van der Waals surface area contributed by atoms with Crippen LogP contribution in [0.3, 0.4) is 0 Å². The normalized spacial score (nSPS) is 29.1. The van der Waals surface area contributed by atoms with Gasteiger partial charge in [0.05, 0.1) is 10.4 Å². The molecule has 2 unspecified atom stereocenters. The van der Waals surface area contributed by atoms with Gasteiger partial charge >= 0.3 is 0 Å². The monoisotopic (exact) mass is 255 g/mol. The van der Waals surface area contributed by atoms with E-state index >= 15 is 0 Å². The third kappa shape index (κ3) is 2.31. The van der Waals surface area contributed by atoms with Crippen molar-refractivity contribution in [3.05, 3.63) is 0 Å². The SMILES string of the molecule is CC(C)(C(=O)NC1CCN2CCCC12)C(N)=S. The van der Waals surface area contributed by atoms with Gasteiger partial charge in [0.1, 0.15) is 0 Å². The highest BCUT2D eigenvalue weighted by atomic mass is 32.1. The molecule has 2 rings (SSSR count). The number of fused-ring (bicyclic) bond motifs is 1. The Hall–Kier alpha value is -0.680. The Kier molecular flexibility index (Phi) is 3.41. The predicted molar refractivity (Wildman–Crippen MR) is 71.7 cm³/mol. The number of hydrogen-bond donors (Lipinski definition) is 2. The number of hydrogen-bond acceptors (Lipinski definition) is 3. The Bertz CT molecular complexity index is 343. The van der Waals surface area contributed by atoms with Gasteiger partial charge in [-0.2, -0.15) is 0 Å². The highest BCUT2D eigenvalue weighted by Crippen LogP contribution is 2.28. The van der Waals surface area contributed by atoms with Crippen LogP contribution in [0.15, 0.2) is 0 Å². The molecule has 0 spiro atoms. The summed E-state index contributed by atoms with van der Waals surface area (Å²) in [6, 6.07) is 0.805. The summed E-state index contributed by atoms with van der Waals surface area (Å²) in [5.74, 6) is -0.0382. The van der Waals surface area contributed by atoms with Crippen molar-refractivity contribution >= 4 is 23.1 Å². The molecule has 0 aliphatic carbocycles. The molecule has 0 bridgehead atoms. The molecule has 2 aliphatic rings. The van der Waals surface area contributed by atoms with Crippen LogP contribution in [0.25, 0.3) is 0 Å². The molecule has 2 heterocycles. The average Bonchev–Trinajstić information content (AvgIpc) is 2.82. The average molecular weight is 255 g/mol. The molecular formula is C12H21N3OS. The smallest absolute Gasteiger partial charge is 0.232 e. The van der Waals surface area contributed by atoms with Crippen LogP contribution in [0.2, 0.25) is 0 Å². The van der Waals surface area contributed by atoms with Crippen LogP contribution in [-0.2, 0) is 4.79 Å². The molecule has 0 saturated carbocycles. The maximum Gasteiger partial charge on any atom is 0.232 e. The Morgan fingerprint density at radius 3 is 2.76 bits per heavy atom. The van der Waals surface area contributed by atoms with Gasteiger partial charge < -0.3 is 11.1 Å². The first-order chi connectivity index (χ1) is 7.93. The number of carbonyl (C=O) groups excluding carboxylic acids is 1. The molecule has 0 aromatic rings. The van der Waals surface area contributed by atoms with Gasteiger partial charge in [0.25, 0.3) is 0 Å². The summed E-state index contributed by atoms with van der Waals surface area (Å²) >= 11 is 4.95. The molecule has 0 radical (unpaired) electrons. The minimum atomic E-state index is -0.749. The Morgan fingerprint density at radius 1 is 1.41 bits per heavy atom. The largest absolute Gasteiger partial charge is 0.392 e. The molecule has 1 amide bonds. The van der Waals surface area contributed by atoms with Crippen LogP contribution in [0, 0.1) is 5.41 Å². The van der Waals surface area contributed by atoms with Crippen molar-refractivity contribution in [3.63, 3.8) is 0 Å². The number of nitrogens with zero attached hydrogens (tertiary/aromatic N) is 1. The topological polar surface area (TPSA) is 58.4 Å². The summed E-state index contributed by atoms with van der Waals surface area (Å²) in [7, 11) is 0. The van der Waals surface area contributed by atoms with Crippen LogP contribution < -0.4 is 11.1 Å². The molecular weight excluding hydrogens is 234 g/mol. The van der Waals surface area contributed by atoms with Crippen molar-refractivity contribution in [3.8, 4) is 0 Å². The standard InChI is InChI=1S/C12H21N3OS/c1-12(2,10(13)17)11(16)14-8-5-7-15-6-3-4-9(8)15/h8-9H,3-7H2,1-2H3,(H2,13,17)(H,14,16). The molecule has 2 fully saturated rings. The zero-order valence-electron chi connectivity index (χ0n) is 10.5. The molecule has 2 aliphatic heterocycles. The van der Waals surface area contributed by atoms with Crippen molar-refractivity contribution in [1.29, 1.82) is 0 Å². The molecule has 96 valence electrons. The summed E-state index contributed by atoms with van der Waals surface area (Å²) in [4.78, 5) is 14.9. The second-order valence-corrected chi connectivity index (χ2v) is 6.04. The third-order valence-corrected chi connectivity index (χ3v) is 4.62. The lowest BCUT2D eigenvalue weighted by Crippen LogP contribution is -2.51. The van der Waals surface area contributed by atoms with E-state index in [1.807, 2.05) is 0 Å². The van der Waals surface area contributed by atoms with Gasteiger partial charge in [0.2, 0.25) is 5.91 Å². The molecule has 3 N–H and O–H groups in total. The lowest BCUT2D eigenvalue weighted by molar-refractivity contribution is -0.127. The third-order valence-electron chi connectivity index (χ3n) is 4.11. The van der Waals surface area contributed by atoms with Gasteiger partial charge in [0, 0.05) is 18.6 Å². The maximum atomic E-state index is 12.2. The first-order valence-electron chi connectivity index (χ1n) is 6.28. The highest BCUT2D eigenvalue weighted by Gasteiger charge is 2.40. The van der Waals surface area contributed by atoms with Gasteiger partial charge in [-0.15, -0.1) is 0 Å². The predicted octanol–water partition coefficient (Wildman–Crippen LogP) is 0.652. The van der Waals surface area contributed by atoms with Crippen molar-refractivity contribution in [2.24, 2.45) is 11.1 Å². The van der Waals surface area contributed by atoms with Crippen LogP contribution in [0.4, 0.5) is 0 Å². The number of carbonyl (C=O) groups is 1. The van der Waals surface area contributed by atoms with Crippen LogP contribution in [-0.4, -0.2) is 41.0 Å². The fraction of sp³-hybridized carbons (Fsp3) is 0.833. The zero-order valence-corrected chi connectivity index (χ0v) is 11.3. The van der Waals surface area contributed by atoms with E-state index in [2.05, 4.69) is 10.2 Å². The van der Waals surface area contributed by atoms with Crippen LogP contribution in [0.5, 0.6) is 0 Å². The Labute approximate surface area is 108 Å². The maximum absolute atomic E-state index is 12.2. The van der Waals surface area contributed by atoms with Crippen LogP contribution >= 0.6 is 12.2 Å². The van der Waals surface area contributed by atoms with Gasteiger partial charge in [0.15, 0.2) is 0 Å². The minimum Gasteiger partial charge on any atom is -0.392 e. The van der Waals surface area contributed by atoms with E-state index in [1.165, 1.54) is 19.4 Å². The fourth-order valence-corrected chi connectivity index (χ4v) is 2.80. The van der Waals surface area contributed by atoms with Crippen molar-refractivity contribution in [1.82, 2.24) is 10.2 Å². The summed E-state index contributed by atoms with van der Waals surface area (Å²) < 4.78 is 0. The van der Waals surface area contributed by atoms with E-state index in [0.717, 1.165) is 13.0 Å². The van der Waals surface area contributed by atoms with E-state index in [9.17, 15) is 4.79 Å². The Balaban J connectivity index is 1.98. The van der Waals surface area contributed by atoms with E-state index in [1.54, 1.807) is 13.8 Å². The Morgan fingerprint density at radius 2 is 2.12 bits per heavy atom. The second-order valence-electron chi connectivity index (χ2n) is 5.60. The van der Waals surface area contributed by atoms with Crippen molar-refractivity contribution < 1.29 is 4.79 Å². The van der Waals surface area contributed by atoms with Crippen molar-refractivity contribution in [2.45, 2.75) is 45.2 Å². The van der Waals surface area contributed by atoms with E-state index < -0.39 is 5.41 Å². The first-order valence-corrected chi connectivity index (χ1v) is 6.68. The minimum absolute atomic E-state index is 0.0382. The zero-order chi connectivity index (χ0) is 12.6. The van der Waals surface area contributed by atoms with Gasteiger partial charge in [-0.1, -0.05) is 12.2 Å². The lowest BCUT2D eigenvalue weighted by Gasteiger charge is -2.27. The quantitative estimate of drug-likeness (QED) is 0.727. The molecule has 17 heavy (non-hydrogen) atoms. The summed E-state index contributed by atoms with van der Waals surface area (Å²) in [5, 5.41) is 3.12. The van der Waals surface area contributed by atoms with Gasteiger partial charge in [-0.05, 0) is 39.7 Å². The van der Waals surface area contributed by atoms with Crippen LogP contribution in [0.1, 0.15) is 33.1 Å². The molecule has 2 saturated heterocycles. The number of amides is 1. The molecule has 0 aromatic carbocycles. The summed E-state index contributed by atoms with van der Waals surface area (Å²) in [6.45, 7) is 5.84. The summed E-state index contributed by atoms with van der Waals surface area (Å²) in [6.07, 6.45) is 3.48. The molecule has 4 nitrogen and oxygen atoms in total. The van der Waals surface area contributed by atoms with Crippen molar-refractivity contribution in [2.75, 3.05) is 13.1 Å². The number of nitrogens with two attached hydrogens (primary N) is 1. The molecule has 0 aromatic heterocycles. The second kappa shape index (κ2) is 4.53. The molecule has 5 heteroatoms.